The molecule has 0 spiro atoms. The van der Waals surface area contributed by atoms with Gasteiger partial charge in [-0.05, 0) is 31.0 Å². The number of terminal acetylenes is 1. The van der Waals surface area contributed by atoms with Crippen molar-refractivity contribution in [2.45, 2.75) is 31.8 Å². The highest BCUT2D eigenvalue weighted by molar-refractivity contribution is 7.71. The number of hydrogen-bond acceptors (Lipinski definition) is 7. The van der Waals surface area contributed by atoms with Gasteiger partial charge in [0.25, 0.3) is 0 Å². The van der Waals surface area contributed by atoms with E-state index in [9.17, 15) is 9.36 Å². The van der Waals surface area contributed by atoms with Crippen LogP contribution in [0.3, 0.4) is 0 Å². The molecule has 3 unspecified atom stereocenters. The molecular formula is C18H16ClN2O6PS. The van der Waals surface area contributed by atoms with Gasteiger partial charge < -0.3 is 9.26 Å². The van der Waals surface area contributed by atoms with Crippen molar-refractivity contribution in [1.82, 2.24) is 9.55 Å². The monoisotopic (exact) mass is 454 g/mol. The second-order valence-electron chi connectivity index (χ2n) is 6.50. The standard InChI is InChI=1S/C18H16ClN2O6PS/c1-2-11-8-21(18(22)20-17(11)29)16-6-4-14(26-16)10-25-28(23)24-9-12-7-13(19)3-5-15(12)27-28/h1,3,5,7-8,14,16H,4,6,9-10H2,(H,20,22,29). The highest BCUT2D eigenvalue weighted by Gasteiger charge is 2.37. The van der Waals surface area contributed by atoms with Gasteiger partial charge in [-0.1, -0.05) is 29.7 Å². The number of ether oxygens (including phenoxy) is 1. The summed E-state index contributed by atoms with van der Waals surface area (Å²) in [5.41, 5.74) is 0.674. The maximum Gasteiger partial charge on any atom is 0.530 e. The molecule has 1 aromatic carbocycles. The van der Waals surface area contributed by atoms with Crippen molar-refractivity contribution >= 4 is 31.6 Å². The number of nitrogens with one attached hydrogen (secondary N) is 1. The van der Waals surface area contributed by atoms with Gasteiger partial charge >= 0.3 is 13.5 Å². The highest BCUT2D eigenvalue weighted by Crippen LogP contribution is 2.55. The third kappa shape index (κ3) is 4.33. The predicted octanol–water partition coefficient (Wildman–Crippen LogP) is 3.95. The third-order valence-electron chi connectivity index (χ3n) is 4.55. The van der Waals surface area contributed by atoms with Gasteiger partial charge in [0.15, 0.2) is 0 Å². The minimum Gasteiger partial charge on any atom is -0.404 e. The van der Waals surface area contributed by atoms with Crippen molar-refractivity contribution in [2.24, 2.45) is 0 Å². The van der Waals surface area contributed by atoms with Crippen molar-refractivity contribution < 1.29 is 22.9 Å². The van der Waals surface area contributed by atoms with Crippen LogP contribution in [0.4, 0.5) is 0 Å². The number of nitrogens with zero attached hydrogens (tertiary/aromatic N) is 1. The average molecular weight is 455 g/mol. The number of aromatic nitrogens is 2. The van der Waals surface area contributed by atoms with Gasteiger partial charge in [-0.2, -0.15) is 0 Å². The Hall–Kier alpha value is -1.92. The number of rotatable bonds is 4. The van der Waals surface area contributed by atoms with E-state index in [1.165, 1.54) is 10.8 Å². The number of phosphoric acid groups is 1. The number of hydrogen-bond donors (Lipinski definition) is 1. The maximum atomic E-state index is 12.7. The van der Waals surface area contributed by atoms with Crippen LogP contribution < -0.4 is 10.2 Å². The van der Waals surface area contributed by atoms with Gasteiger partial charge in [0.05, 0.1) is 24.9 Å². The molecule has 29 heavy (non-hydrogen) atoms. The molecule has 3 heterocycles. The molecule has 11 heteroatoms. The molecule has 1 fully saturated rings. The summed E-state index contributed by atoms with van der Waals surface area (Å²) in [6.45, 7) is 0.0467. The fourth-order valence-electron chi connectivity index (χ4n) is 3.10. The van der Waals surface area contributed by atoms with Gasteiger partial charge in [-0.15, -0.1) is 6.42 Å². The Morgan fingerprint density at radius 3 is 3.07 bits per heavy atom. The molecular weight excluding hydrogens is 439 g/mol. The zero-order valence-electron chi connectivity index (χ0n) is 15.0. The van der Waals surface area contributed by atoms with Gasteiger partial charge in [-0.25, -0.2) is 9.36 Å². The van der Waals surface area contributed by atoms with E-state index in [1.807, 2.05) is 0 Å². The SMILES string of the molecule is C#Cc1cn(C2CCC(COP3(=O)OCc4cc(Cl)ccc4O3)O2)c(=O)[nH]c1=S. The van der Waals surface area contributed by atoms with Gasteiger partial charge in [0, 0.05) is 16.8 Å². The predicted molar refractivity (Wildman–Crippen MR) is 107 cm³/mol. The van der Waals surface area contributed by atoms with Crippen molar-refractivity contribution in [3.63, 3.8) is 0 Å². The van der Waals surface area contributed by atoms with Gasteiger partial charge in [0.2, 0.25) is 0 Å². The number of halogens is 1. The molecule has 1 N–H and O–H groups in total. The lowest BCUT2D eigenvalue weighted by Gasteiger charge is -2.25. The van der Waals surface area contributed by atoms with Gasteiger partial charge in [-0.3, -0.25) is 18.6 Å². The lowest BCUT2D eigenvalue weighted by molar-refractivity contribution is -0.0264. The molecule has 1 saturated heterocycles. The molecule has 0 radical (unpaired) electrons. The van der Waals surface area contributed by atoms with Crippen molar-refractivity contribution in [3.8, 4) is 18.1 Å². The van der Waals surface area contributed by atoms with E-state index in [2.05, 4.69) is 10.9 Å². The Balaban J connectivity index is 1.40. The molecule has 0 amide bonds. The largest absolute Gasteiger partial charge is 0.530 e. The summed E-state index contributed by atoms with van der Waals surface area (Å²) >= 11 is 10.9. The zero-order chi connectivity index (χ0) is 20.6. The second-order valence-corrected chi connectivity index (χ2v) is 8.94. The maximum absolute atomic E-state index is 12.7. The Bertz CT molecular complexity index is 1160. The van der Waals surface area contributed by atoms with Crippen molar-refractivity contribution in [3.05, 3.63) is 55.7 Å². The summed E-state index contributed by atoms with van der Waals surface area (Å²) in [5, 5.41) is 0.531. The average Bonchev–Trinajstić information content (AvgIpc) is 3.16. The van der Waals surface area contributed by atoms with Crippen LogP contribution in [-0.2, 0) is 25.0 Å². The second kappa shape index (κ2) is 8.07. The van der Waals surface area contributed by atoms with E-state index >= 15 is 0 Å². The normalized spacial score (nSPS) is 25.8. The Morgan fingerprint density at radius 2 is 2.28 bits per heavy atom. The van der Waals surface area contributed by atoms with Crippen LogP contribution in [0, 0.1) is 17.0 Å². The van der Waals surface area contributed by atoms with Gasteiger partial charge in [0.1, 0.15) is 16.6 Å². The first-order chi connectivity index (χ1) is 13.9. The fourth-order valence-corrected chi connectivity index (χ4v) is 4.74. The minimum absolute atomic E-state index is 0.0176. The van der Waals surface area contributed by atoms with Crippen LogP contribution in [0.2, 0.25) is 5.02 Å². The van der Waals surface area contributed by atoms with E-state index in [-0.39, 0.29) is 17.9 Å². The quantitative estimate of drug-likeness (QED) is 0.425. The fraction of sp³-hybridized carbons (Fsp3) is 0.333. The molecule has 2 aliphatic rings. The molecule has 0 saturated carbocycles. The summed E-state index contributed by atoms with van der Waals surface area (Å²) < 4.78 is 36.3. The smallest absolute Gasteiger partial charge is 0.404 e. The zero-order valence-corrected chi connectivity index (χ0v) is 17.5. The highest BCUT2D eigenvalue weighted by atomic mass is 35.5. The van der Waals surface area contributed by atoms with Crippen LogP contribution in [0.1, 0.15) is 30.2 Å². The molecule has 1 aromatic heterocycles. The Morgan fingerprint density at radius 1 is 1.45 bits per heavy atom. The van der Waals surface area contributed by atoms with E-state index in [0.717, 1.165) is 0 Å². The topological polar surface area (TPSA) is 91.8 Å². The van der Waals surface area contributed by atoms with E-state index < -0.39 is 25.8 Å². The summed E-state index contributed by atoms with van der Waals surface area (Å²) in [5.74, 6) is 2.83. The molecule has 0 aliphatic carbocycles. The lowest BCUT2D eigenvalue weighted by atomic mass is 10.2. The van der Waals surface area contributed by atoms with Crippen molar-refractivity contribution in [1.29, 1.82) is 0 Å². The minimum atomic E-state index is -3.77. The molecule has 8 nitrogen and oxygen atoms in total. The van der Waals surface area contributed by atoms with Crippen LogP contribution in [-0.4, -0.2) is 22.3 Å². The lowest BCUT2D eigenvalue weighted by Crippen LogP contribution is -2.28. The summed E-state index contributed by atoms with van der Waals surface area (Å²) in [4.78, 5) is 14.7. The summed E-state index contributed by atoms with van der Waals surface area (Å²) in [6.07, 6.45) is 7.11. The number of aromatic amines is 1. The Kier molecular flexibility index (Phi) is 5.67. The molecule has 152 valence electrons. The molecule has 4 rings (SSSR count). The van der Waals surface area contributed by atoms with Crippen LogP contribution >= 0.6 is 31.6 Å². The van der Waals surface area contributed by atoms with Crippen LogP contribution in [0.15, 0.2) is 29.2 Å². The number of fused-ring (bicyclic) bond motifs is 1. The first kappa shape index (κ1) is 20.4. The number of benzene rings is 1. The molecule has 2 aromatic rings. The first-order valence-electron chi connectivity index (χ1n) is 8.71. The molecule has 3 atom stereocenters. The van der Waals surface area contributed by atoms with E-state index in [1.54, 1.807) is 18.2 Å². The molecule has 0 bridgehead atoms. The summed E-state index contributed by atoms with van der Waals surface area (Å²) in [6, 6.07) is 4.93. The summed E-state index contributed by atoms with van der Waals surface area (Å²) in [7, 11) is -3.77. The Labute approximate surface area is 176 Å². The van der Waals surface area contributed by atoms with E-state index in [0.29, 0.717) is 34.7 Å². The van der Waals surface area contributed by atoms with Crippen molar-refractivity contribution in [2.75, 3.05) is 6.61 Å². The van der Waals surface area contributed by atoms with E-state index in [4.69, 9.17) is 48.6 Å². The molecule has 2 aliphatic heterocycles. The van der Waals surface area contributed by atoms with Crippen LogP contribution in [0.5, 0.6) is 5.75 Å². The van der Waals surface area contributed by atoms with Crippen LogP contribution in [0.25, 0.3) is 0 Å². The number of phosphoric ester groups is 1. The first-order valence-corrected chi connectivity index (χ1v) is 11.0. The number of H-pyrrole nitrogens is 1. The third-order valence-corrected chi connectivity index (χ3v) is 6.44.